The number of methoxy groups -OCH3 is 1. The fourth-order valence-corrected chi connectivity index (χ4v) is 2.06. The number of H-pyrrole nitrogens is 1. The Kier molecular flexibility index (Phi) is 3.20. The van der Waals surface area contributed by atoms with Crippen molar-refractivity contribution >= 4 is 17.0 Å². The number of fused-ring (bicyclic) bond motifs is 1. The van der Waals surface area contributed by atoms with Gasteiger partial charge in [0.25, 0.3) is 0 Å². The summed E-state index contributed by atoms with van der Waals surface area (Å²) in [5, 5.41) is 10.9. The fourth-order valence-electron chi connectivity index (χ4n) is 2.06. The lowest BCUT2D eigenvalue weighted by atomic mass is 10.1. The molecule has 3 rings (SSSR count). The molecule has 20 heavy (non-hydrogen) atoms. The normalized spacial score (nSPS) is 10.7. The molecule has 1 aromatic carbocycles. The van der Waals surface area contributed by atoms with E-state index in [1.54, 1.807) is 13.3 Å². The smallest absolute Gasteiger partial charge is 0.225 e. The van der Waals surface area contributed by atoms with Crippen molar-refractivity contribution in [3.8, 4) is 17.0 Å². The van der Waals surface area contributed by atoms with Gasteiger partial charge >= 0.3 is 0 Å². The van der Waals surface area contributed by atoms with Crippen LogP contribution in [-0.2, 0) is 0 Å². The van der Waals surface area contributed by atoms with Gasteiger partial charge in [0, 0.05) is 12.1 Å². The number of nitrogens with one attached hydrogen (secondary N) is 2. The molecule has 6 heteroatoms. The summed E-state index contributed by atoms with van der Waals surface area (Å²) in [6, 6.07) is 7.79. The number of rotatable bonds is 4. The molecule has 0 saturated heterocycles. The minimum Gasteiger partial charge on any atom is -0.497 e. The highest BCUT2D eigenvalue weighted by molar-refractivity contribution is 5.90. The zero-order valence-electron chi connectivity index (χ0n) is 11.3. The summed E-state index contributed by atoms with van der Waals surface area (Å²) >= 11 is 0. The first-order valence-electron chi connectivity index (χ1n) is 6.41. The Morgan fingerprint density at radius 1 is 1.30 bits per heavy atom. The zero-order valence-corrected chi connectivity index (χ0v) is 11.3. The van der Waals surface area contributed by atoms with E-state index in [0.29, 0.717) is 11.6 Å². The van der Waals surface area contributed by atoms with E-state index in [1.165, 1.54) is 0 Å². The summed E-state index contributed by atoms with van der Waals surface area (Å²) in [6.45, 7) is 2.77. The van der Waals surface area contributed by atoms with Crippen LogP contribution >= 0.6 is 0 Å². The van der Waals surface area contributed by atoms with E-state index < -0.39 is 0 Å². The number of hydrogen-bond acceptors (Lipinski definition) is 5. The predicted octanol–water partition coefficient (Wildman–Crippen LogP) is 2.46. The molecule has 0 saturated carbocycles. The van der Waals surface area contributed by atoms with E-state index >= 15 is 0 Å². The van der Waals surface area contributed by atoms with Crippen LogP contribution < -0.4 is 10.1 Å². The van der Waals surface area contributed by atoms with Crippen LogP contribution in [0.2, 0.25) is 0 Å². The predicted molar refractivity (Wildman–Crippen MR) is 77.8 cm³/mol. The van der Waals surface area contributed by atoms with Crippen molar-refractivity contribution in [1.82, 2.24) is 20.2 Å². The average Bonchev–Trinajstić information content (AvgIpc) is 2.95. The van der Waals surface area contributed by atoms with E-state index in [1.807, 2.05) is 31.2 Å². The Morgan fingerprint density at radius 3 is 3.00 bits per heavy atom. The van der Waals surface area contributed by atoms with Crippen molar-refractivity contribution in [3.63, 3.8) is 0 Å². The molecular weight excluding hydrogens is 254 g/mol. The fraction of sp³-hybridized carbons (Fsp3) is 0.214. The molecule has 0 atom stereocenters. The molecule has 0 aliphatic heterocycles. The second-order valence-electron chi connectivity index (χ2n) is 4.29. The Hall–Kier alpha value is -2.63. The van der Waals surface area contributed by atoms with Gasteiger partial charge in [-0.3, -0.25) is 5.10 Å². The lowest BCUT2D eigenvalue weighted by Crippen LogP contribution is -2.03. The van der Waals surface area contributed by atoms with Gasteiger partial charge in [-0.05, 0) is 19.1 Å². The first-order valence-corrected chi connectivity index (χ1v) is 6.41. The van der Waals surface area contributed by atoms with Crippen molar-refractivity contribution in [1.29, 1.82) is 0 Å². The summed E-state index contributed by atoms with van der Waals surface area (Å²) in [5.74, 6) is 1.38. The number of ether oxygens (including phenoxy) is 1. The van der Waals surface area contributed by atoms with Crippen LogP contribution in [0.4, 0.5) is 5.95 Å². The minimum atomic E-state index is 0.585. The van der Waals surface area contributed by atoms with Gasteiger partial charge in [0.05, 0.1) is 24.4 Å². The molecule has 0 radical (unpaired) electrons. The van der Waals surface area contributed by atoms with Gasteiger partial charge in [-0.15, -0.1) is 0 Å². The standard InChI is InChI=1S/C14H15N5O/c1-3-15-14-17-12(11-8-16-19-13(11)18-14)9-5-4-6-10(7-9)20-2/h4-8H,3H2,1-2H3,(H2,15,16,17,18,19). The van der Waals surface area contributed by atoms with Gasteiger partial charge in [-0.1, -0.05) is 12.1 Å². The van der Waals surface area contributed by atoms with E-state index in [-0.39, 0.29) is 0 Å². The van der Waals surface area contributed by atoms with Gasteiger partial charge in [0.2, 0.25) is 5.95 Å². The second-order valence-corrected chi connectivity index (χ2v) is 4.29. The Balaban J connectivity index is 2.19. The molecule has 0 spiro atoms. The molecule has 0 fully saturated rings. The summed E-state index contributed by atoms with van der Waals surface area (Å²) < 4.78 is 5.27. The first kappa shape index (κ1) is 12.4. The molecule has 0 bridgehead atoms. The van der Waals surface area contributed by atoms with Crippen LogP contribution in [0.1, 0.15) is 6.92 Å². The summed E-state index contributed by atoms with van der Waals surface area (Å²) in [6.07, 6.45) is 1.74. The topological polar surface area (TPSA) is 75.7 Å². The maximum Gasteiger partial charge on any atom is 0.225 e. The van der Waals surface area contributed by atoms with E-state index in [0.717, 1.165) is 28.9 Å². The molecule has 2 N–H and O–H groups in total. The molecule has 6 nitrogen and oxygen atoms in total. The van der Waals surface area contributed by atoms with Gasteiger partial charge in [0.1, 0.15) is 5.75 Å². The van der Waals surface area contributed by atoms with Gasteiger partial charge < -0.3 is 10.1 Å². The third-order valence-electron chi connectivity index (χ3n) is 2.99. The monoisotopic (exact) mass is 269 g/mol. The second kappa shape index (κ2) is 5.16. The summed E-state index contributed by atoms with van der Waals surface area (Å²) in [4.78, 5) is 8.95. The molecule has 102 valence electrons. The Labute approximate surface area is 116 Å². The molecule has 0 aliphatic rings. The third kappa shape index (κ3) is 2.16. The molecule has 2 heterocycles. The number of benzene rings is 1. The number of aromatic amines is 1. The minimum absolute atomic E-state index is 0.585. The van der Waals surface area contributed by atoms with Crippen LogP contribution in [-0.4, -0.2) is 33.8 Å². The van der Waals surface area contributed by atoms with Crippen molar-refractivity contribution in [3.05, 3.63) is 30.5 Å². The molecule has 3 aromatic rings. The largest absolute Gasteiger partial charge is 0.497 e. The maximum atomic E-state index is 5.27. The molecule has 0 unspecified atom stereocenters. The van der Waals surface area contributed by atoms with Gasteiger partial charge in [-0.2, -0.15) is 10.1 Å². The van der Waals surface area contributed by atoms with E-state index in [4.69, 9.17) is 4.74 Å². The van der Waals surface area contributed by atoms with Crippen LogP contribution in [0.5, 0.6) is 5.75 Å². The lowest BCUT2D eigenvalue weighted by molar-refractivity contribution is 0.415. The quantitative estimate of drug-likeness (QED) is 0.761. The third-order valence-corrected chi connectivity index (χ3v) is 2.99. The van der Waals surface area contributed by atoms with Crippen LogP contribution in [0.15, 0.2) is 30.5 Å². The van der Waals surface area contributed by atoms with Crippen LogP contribution in [0.3, 0.4) is 0 Å². The van der Waals surface area contributed by atoms with Crippen molar-refractivity contribution in [2.75, 3.05) is 19.0 Å². The van der Waals surface area contributed by atoms with Crippen LogP contribution in [0, 0.1) is 0 Å². The van der Waals surface area contributed by atoms with Crippen molar-refractivity contribution < 1.29 is 4.74 Å². The van der Waals surface area contributed by atoms with E-state index in [2.05, 4.69) is 25.5 Å². The molecular formula is C14H15N5O. The number of aromatic nitrogens is 4. The summed E-state index contributed by atoms with van der Waals surface area (Å²) in [7, 11) is 1.65. The number of nitrogens with zero attached hydrogens (tertiary/aromatic N) is 3. The SMILES string of the molecule is CCNc1nc(-c2cccc(OC)c2)c2cn[nH]c2n1. The summed E-state index contributed by atoms with van der Waals surface area (Å²) in [5.41, 5.74) is 2.52. The average molecular weight is 269 g/mol. The zero-order chi connectivity index (χ0) is 13.9. The highest BCUT2D eigenvalue weighted by Gasteiger charge is 2.11. The first-order chi connectivity index (χ1) is 9.81. The molecule has 0 amide bonds. The Morgan fingerprint density at radius 2 is 2.20 bits per heavy atom. The Bertz CT molecular complexity index is 737. The maximum absolute atomic E-state index is 5.27. The van der Waals surface area contributed by atoms with Crippen LogP contribution in [0.25, 0.3) is 22.3 Å². The van der Waals surface area contributed by atoms with Crippen molar-refractivity contribution in [2.45, 2.75) is 6.92 Å². The lowest BCUT2D eigenvalue weighted by Gasteiger charge is -2.07. The van der Waals surface area contributed by atoms with E-state index in [9.17, 15) is 0 Å². The highest BCUT2D eigenvalue weighted by atomic mass is 16.5. The number of anilines is 1. The number of hydrogen-bond donors (Lipinski definition) is 2. The molecule has 0 aliphatic carbocycles. The van der Waals surface area contributed by atoms with Gasteiger partial charge in [-0.25, -0.2) is 4.98 Å². The van der Waals surface area contributed by atoms with Crippen molar-refractivity contribution in [2.24, 2.45) is 0 Å². The van der Waals surface area contributed by atoms with Gasteiger partial charge in [0.15, 0.2) is 5.65 Å². The highest BCUT2D eigenvalue weighted by Crippen LogP contribution is 2.28. The molecule has 2 aromatic heterocycles.